The Morgan fingerprint density at radius 2 is 1.90 bits per heavy atom. The molecule has 0 bridgehead atoms. The van der Waals surface area contributed by atoms with E-state index in [0.717, 1.165) is 6.42 Å². The van der Waals surface area contributed by atoms with Gasteiger partial charge in [-0.15, -0.1) is 0 Å². The highest BCUT2D eigenvalue weighted by molar-refractivity contribution is 7.56. The van der Waals surface area contributed by atoms with Crippen LogP contribution in [0, 0.1) is 5.92 Å². The summed E-state index contributed by atoms with van der Waals surface area (Å²) in [5, 5.41) is 2.84. The van der Waals surface area contributed by atoms with Crippen molar-refractivity contribution >= 4 is 13.5 Å². The molecule has 1 aromatic rings. The van der Waals surface area contributed by atoms with Crippen molar-refractivity contribution in [3.63, 3.8) is 0 Å². The van der Waals surface area contributed by atoms with Crippen LogP contribution in [-0.2, 0) is 14.1 Å². The quantitative estimate of drug-likeness (QED) is 0.588. The third-order valence-corrected chi connectivity index (χ3v) is 4.46. The van der Waals surface area contributed by atoms with Crippen LogP contribution >= 0.6 is 7.52 Å². The van der Waals surface area contributed by atoms with Crippen LogP contribution in [0.15, 0.2) is 30.3 Å². The first-order chi connectivity index (χ1) is 9.89. The Morgan fingerprint density at radius 3 is 2.43 bits per heavy atom. The lowest BCUT2D eigenvalue weighted by molar-refractivity contribution is -0.146. The number of para-hydroxylation sites is 1. The van der Waals surface area contributed by atoms with Crippen LogP contribution in [0.2, 0.25) is 0 Å². The normalized spacial score (nSPS) is 16.6. The van der Waals surface area contributed by atoms with Crippen molar-refractivity contribution in [3.8, 4) is 5.75 Å². The van der Waals surface area contributed by atoms with Gasteiger partial charge in [0.2, 0.25) is 0 Å². The lowest BCUT2D eigenvalue weighted by Crippen LogP contribution is -2.41. The summed E-state index contributed by atoms with van der Waals surface area (Å²) in [6.45, 7) is 7.39. The predicted octanol–water partition coefficient (Wildman–Crippen LogP) is 3.46. The summed E-state index contributed by atoms with van der Waals surface area (Å²) in [4.78, 5) is 12.0. The van der Waals surface area contributed by atoms with Gasteiger partial charge in [0.25, 0.3) is 0 Å². The third-order valence-electron chi connectivity index (χ3n) is 3.15. The van der Waals surface area contributed by atoms with Crippen LogP contribution in [0.4, 0.5) is 0 Å². The largest absolute Gasteiger partial charge is 0.465 e. The highest BCUT2D eigenvalue weighted by Crippen LogP contribution is 2.40. The summed E-state index contributed by atoms with van der Waals surface area (Å²) in [7, 11) is -3.17. The van der Waals surface area contributed by atoms with Gasteiger partial charge in [-0.1, -0.05) is 38.5 Å². The van der Waals surface area contributed by atoms with E-state index in [-0.39, 0.29) is 5.92 Å². The van der Waals surface area contributed by atoms with E-state index < -0.39 is 19.5 Å². The highest BCUT2D eigenvalue weighted by atomic mass is 31.2. The molecule has 2 unspecified atom stereocenters. The van der Waals surface area contributed by atoms with E-state index >= 15 is 0 Å². The molecule has 0 aromatic heterocycles. The van der Waals surface area contributed by atoms with E-state index in [4.69, 9.17) is 9.26 Å². The lowest BCUT2D eigenvalue weighted by Gasteiger charge is -2.26. The summed E-state index contributed by atoms with van der Waals surface area (Å²) in [6.07, 6.45) is 0.766. The van der Waals surface area contributed by atoms with Gasteiger partial charge in [0.15, 0.2) is 0 Å². The summed E-state index contributed by atoms with van der Waals surface area (Å²) in [5.41, 5.74) is 0. The third kappa shape index (κ3) is 5.90. The van der Waals surface area contributed by atoms with E-state index in [2.05, 4.69) is 5.09 Å². The Kier molecular flexibility index (Phi) is 6.93. The number of hydrogen-bond donors (Lipinski definition) is 1. The van der Waals surface area contributed by atoms with Gasteiger partial charge in [-0.05, 0) is 25.0 Å². The van der Waals surface area contributed by atoms with Crippen LogP contribution in [0.3, 0.4) is 0 Å². The number of rotatable bonds is 8. The second kappa shape index (κ2) is 8.20. The fourth-order valence-electron chi connectivity index (χ4n) is 1.84. The SMILES string of the molecule is CCOC(=O)[C@@H](NP(C)(=O)Oc1ccccc1)C(C)CC. The molecule has 0 saturated carbocycles. The lowest BCUT2D eigenvalue weighted by atomic mass is 10.0. The Balaban J connectivity index is 2.80. The molecule has 0 aliphatic rings. The Bertz CT molecular complexity index is 492. The zero-order valence-corrected chi connectivity index (χ0v) is 13.9. The maximum Gasteiger partial charge on any atom is 0.323 e. The van der Waals surface area contributed by atoms with Crippen LogP contribution in [0.25, 0.3) is 0 Å². The van der Waals surface area contributed by atoms with E-state index in [9.17, 15) is 9.36 Å². The molecule has 0 aliphatic carbocycles. The number of carbonyl (C=O) groups is 1. The van der Waals surface area contributed by atoms with Crippen LogP contribution < -0.4 is 9.61 Å². The summed E-state index contributed by atoms with van der Waals surface area (Å²) >= 11 is 0. The van der Waals surface area contributed by atoms with Crippen LogP contribution in [0.1, 0.15) is 27.2 Å². The molecule has 1 aromatic carbocycles. The molecule has 0 amide bonds. The van der Waals surface area contributed by atoms with Crippen LogP contribution in [0.5, 0.6) is 5.75 Å². The minimum Gasteiger partial charge on any atom is -0.465 e. The smallest absolute Gasteiger partial charge is 0.323 e. The molecular weight excluding hydrogens is 289 g/mol. The van der Waals surface area contributed by atoms with E-state index in [1.807, 2.05) is 19.9 Å². The number of benzene rings is 1. The number of carbonyl (C=O) groups excluding carboxylic acids is 1. The van der Waals surface area contributed by atoms with Gasteiger partial charge >= 0.3 is 13.5 Å². The number of nitrogens with one attached hydrogen (secondary N) is 1. The van der Waals surface area contributed by atoms with Gasteiger partial charge in [0.1, 0.15) is 11.8 Å². The Hall–Kier alpha value is -1.32. The molecule has 1 N–H and O–H groups in total. The zero-order valence-electron chi connectivity index (χ0n) is 13.0. The van der Waals surface area contributed by atoms with Crippen molar-refractivity contribution in [1.82, 2.24) is 5.09 Å². The Morgan fingerprint density at radius 1 is 1.29 bits per heavy atom. The average Bonchev–Trinajstić information content (AvgIpc) is 2.45. The molecule has 21 heavy (non-hydrogen) atoms. The molecule has 0 saturated heterocycles. The number of esters is 1. The predicted molar refractivity (Wildman–Crippen MR) is 83.6 cm³/mol. The summed E-state index contributed by atoms with van der Waals surface area (Å²) < 4.78 is 23.1. The summed E-state index contributed by atoms with van der Waals surface area (Å²) in [6, 6.07) is 8.25. The fourth-order valence-corrected chi connectivity index (χ4v) is 3.28. The van der Waals surface area contributed by atoms with Crippen molar-refractivity contribution in [2.24, 2.45) is 5.92 Å². The maximum atomic E-state index is 12.6. The van der Waals surface area contributed by atoms with Gasteiger partial charge < -0.3 is 9.26 Å². The van der Waals surface area contributed by atoms with Crippen molar-refractivity contribution in [2.75, 3.05) is 13.3 Å². The fraction of sp³-hybridized carbons (Fsp3) is 0.533. The molecule has 1 rings (SSSR count). The first kappa shape index (κ1) is 17.7. The molecule has 5 nitrogen and oxygen atoms in total. The molecule has 0 heterocycles. The van der Waals surface area contributed by atoms with Crippen molar-refractivity contribution in [1.29, 1.82) is 0 Å². The monoisotopic (exact) mass is 313 g/mol. The molecule has 0 fully saturated rings. The van der Waals surface area contributed by atoms with Gasteiger partial charge in [-0.3, -0.25) is 9.36 Å². The van der Waals surface area contributed by atoms with Gasteiger partial charge in [-0.25, -0.2) is 5.09 Å². The second-order valence-electron chi connectivity index (χ2n) is 4.99. The average molecular weight is 313 g/mol. The molecule has 3 atom stereocenters. The standard InChI is InChI=1S/C15H24NO4P/c1-5-12(3)14(15(17)19-6-2)16-21(4,18)20-13-10-8-7-9-11-13/h7-12,14H,5-6H2,1-4H3,(H,16,18)/t12?,14-,21?/m0/s1. The van der Waals surface area contributed by atoms with E-state index in [1.54, 1.807) is 31.2 Å². The molecular formula is C15H24NO4P. The molecule has 0 aliphatic heterocycles. The molecule has 0 radical (unpaired) electrons. The van der Waals surface area contributed by atoms with Gasteiger partial charge in [0.05, 0.1) is 6.61 Å². The first-order valence-electron chi connectivity index (χ1n) is 7.16. The highest BCUT2D eigenvalue weighted by Gasteiger charge is 2.32. The molecule has 118 valence electrons. The van der Waals surface area contributed by atoms with Gasteiger partial charge in [0, 0.05) is 6.66 Å². The minimum absolute atomic E-state index is 0.00306. The summed E-state index contributed by atoms with van der Waals surface area (Å²) in [5.74, 6) is 0.102. The minimum atomic E-state index is -3.17. The second-order valence-corrected chi connectivity index (χ2v) is 7.13. The van der Waals surface area contributed by atoms with Gasteiger partial charge in [-0.2, -0.15) is 0 Å². The zero-order chi connectivity index (χ0) is 15.9. The van der Waals surface area contributed by atoms with Crippen molar-refractivity contribution in [3.05, 3.63) is 30.3 Å². The molecule has 0 spiro atoms. The van der Waals surface area contributed by atoms with Crippen molar-refractivity contribution in [2.45, 2.75) is 33.2 Å². The number of ether oxygens (including phenoxy) is 1. The van der Waals surface area contributed by atoms with E-state index in [0.29, 0.717) is 12.4 Å². The molecule has 6 heteroatoms. The van der Waals surface area contributed by atoms with E-state index in [1.165, 1.54) is 6.66 Å². The maximum absolute atomic E-state index is 12.6. The topological polar surface area (TPSA) is 64.6 Å². The Labute approximate surface area is 126 Å². The number of hydrogen-bond acceptors (Lipinski definition) is 4. The first-order valence-corrected chi connectivity index (χ1v) is 9.23. The van der Waals surface area contributed by atoms with Crippen molar-refractivity contribution < 1.29 is 18.6 Å². The van der Waals surface area contributed by atoms with Crippen LogP contribution in [-0.4, -0.2) is 25.3 Å².